The molecule has 0 saturated carbocycles. The highest BCUT2D eigenvalue weighted by molar-refractivity contribution is 7.98. The lowest BCUT2D eigenvalue weighted by Crippen LogP contribution is -2.21. The zero-order valence-electron chi connectivity index (χ0n) is 13.6. The molecule has 128 valence electrons. The molecular formula is C19H13N4O2S-. The fourth-order valence-corrected chi connectivity index (χ4v) is 3.54. The summed E-state index contributed by atoms with van der Waals surface area (Å²) in [6, 6.07) is 20.7. The van der Waals surface area contributed by atoms with Gasteiger partial charge in [0.25, 0.3) is 0 Å². The van der Waals surface area contributed by atoms with E-state index in [4.69, 9.17) is 0 Å². The average molecular weight is 361 g/mol. The van der Waals surface area contributed by atoms with Crippen LogP contribution in [-0.2, 0) is 5.75 Å². The zero-order valence-corrected chi connectivity index (χ0v) is 14.4. The summed E-state index contributed by atoms with van der Waals surface area (Å²) in [5.41, 5.74) is 2.06. The number of tetrazole rings is 1. The Hall–Kier alpha value is -3.19. The van der Waals surface area contributed by atoms with Gasteiger partial charge in [-0.1, -0.05) is 72.4 Å². The predicted octanol–water partition coefficient (Wildman–Crippen LogP) is 2.47. The summed E-state index contributed by atoms with van der Waals surface area (Å²) in [6.45, 7) is 0. The summed E-state index contributed by atoms with van der Waals surface area (Å²) in [5, 5.41) is 25.7. The van der Waals surface area contributed by atoms with Gasteiger partial charge < -0.3 is 9.90 Å². The molecule has 0 radical (unpaired) electrons. The monoisotopic (exact) mass is 361 g/mol. The van der Waals surface area contributed by atoms with Crippen LogP contribution in [0.15, 0.2) is 71.9 Å². The fraction of sp³-hybridized carbons (Fsp3) is 0.0526. The number of rotatable bonds is 5. The van der Waals surface area contributed by atoms with Gasteiger partial charge in [-0.3, -0.25) is 0 Å². The molecule has 3 aromatic carbocycles. The van der Waals surface area contributed by atoms with Crippen LogP contribution in [0, 0.1) is 0 Å². The normalized spacial score (nSPS) is 10.9. The number of thioether (sulfide) groups is 1. The number of hydrogen-bond acceptors (Lipinski definition) is 6. The predicted molar refractivity (Wildman–Crippen MR) is 97.0 cm³/mol. The highest BCUT2D eigenvalue weighted by Gasteiger charge is 2.11. The second-order valence-corrected chi connectivity index (χ2v) is 6.59. The standard InChI is InChI=1S/C19H14N4O2S/c24-18(25)15-10-8-13(9-11-15)12-26-19-20-21-22-23(19)17-7-3-5-14-4-1-2-6-16(14)17/h1-11H,12H2,(H,24,25)/p-1. The van der Waals surface area contributed by atoms with E-state index in [2.05, 4.69) is 27.7 Å². The SMILES string of the molecule is O=C([O-])c1ccc(CSc2nnnn2-c2cccc3ccccc23)cc1. The Balaban J connectivity index is 1.60. The lowest BCUT2D eigenvalue weighted by Gasteiger charge is -2.08. The lowest BCUT2D eigenvalue weighted by molar-refractivity contribution is -0.255. The van der Waals surface area contributed by atoms with E-state index in [9.17, 15) is 9.90 Å². The maximum Gasteiger partial charge on any atom is 0.214 e. The van der Waals surface area contributed by atoms with Crippen molar-refractivity contribution >= 4 is 28.5 Å². The molecule has 0 spiro atoms. The second-order valence-electron chi connectivity index (χ2n) is 5.64. The summed E-state index contributed by atoms with van der Waals surface area (Å²) in [6.07, 6.45) is 0. The number of hydrogen-bond donors (Lipinski definition) is 0. The van der Waals surface area contributed by atoms with Gasteiger partial charge in [0.05, 0.1) is 11.7 Å². The van der Waals surface area contributed by atoms with Gasteiger partial charge >= 0.3 is 0 Å². The Bertz CT molecular complexity index is 1070. The lowest BCUT2D eigenvalue weighted by atomic mass is 10.1. The van der Waals surface area contributed by atoms with Crippen LogP contribution in [0.25, 0.3) is 16.5 Å². The summed E-state index contributed by atoms with van der Waals surface area (Å²) < 4.78 is 1.72. The third kappa shape index (κ3) is 3.16. The van der Waals surface area contributed by atoms with Gasteiger partial charge in [0, 0.05) is 11.1 Å². The minimum atomic E-state index is -1.18. The van der Waals surface area contributed by atoms with Crippen LogP contribution in [0.3, 0.4) is 0 Å². The molecule has 26 heavy (non-hydrogen) atoms. The molecule has 4 rings (SSSR count). The smallest absolute Gasteiger partial charge is 0.214 e. The van der Waals surface area contributed by atoms with E-state index in [1.54, 1.807) is 28.9 Å². The van der Waals surface area contributed by atoms with Gasteiger partial charge in [-0.15, -0.1) is 5.10 Å². The average Bonchev–Trinajstić information content (AvgIpc) is 3.14. The van der Waals surface area contributed by atoms with Crippen molar-refractivity contribution in [3.63, 3.8) is 0 Å². The van der Waals surface area contributed by atoms with Crippen molar-refractivity contribution in [2.45, 2.75) is 10.9 Å². The topological polar surface area (TPSA) is 83.7 Å². The Morgan fingerprint density at radius 1 is 1.00 bits per heavy atom. The molecule has 7 heteroatoms. The molecule has 0 aliphatic carbocycles. The summed E-state index contributed by atoms with van der Waals surface area (Å²) in [7, 11) is 0. The number of carbonyl (C=O) groups is 1. The zero-order chi connectivity index (χ0) is 17.9. The second kappa shape index (κ2) is 6.97. The molecular weight excluding hydrogens is 348 g/mol. The molecule has 0 saturated heterocycles. The van der Waals surface area contributed by atoms with E-state index < -0.39 is 5.97 Å². The third-order valence-corrected chi connectivity index (χ3v) is 4.98. The minimum absolute atomic E-state index is 0.166. The van der Waals surface area contributed by atoms with Crippen LogP contribution in [-0.4, -0.2) is 26.2 Å². The number of carboxylic acids is 1. The summed E-state index contributed by atoms with van der Waals surface area (Å²) in [5.74, 6) is -0.553. The van der Waals surface area contributed by atoms with Gasteiger partial charge in [0.1, 0.15) is 0 Å². The van der Waals surface area contributed by atoms with Gasteiger partial charge in [0.2, 0.25) is 5.16 Å². The van der Waals surface area contributed by atoms with Gasteiger partial charge in [-0.2, -0.15) is 4.68 Å². The maximum atomic E-state index is 10.8. The summed E-state index contributed by atoms with van der Waals surface area (Å²) in [4.78, 5) is 10.8. The molecule has 0 amide bonds. The van der Waals surface area contributed by atoms with Crippen molar-refractivity contribution in [3.8, 4) is 5.69 Å². The van der Waals surface area contributed by atoms with Crippen molar-refractivity contribution in [1.29, 1.82) is 0 Å². The van der Waals surface area contributed by atoms with E-state index in [-0.39, 0.29) is 5.56 Å². The van der Waals surface area contributed by atoms with E-state index >= 15 is 0 Å². The molecule has 4 aromatic rings. The number of aromatic nitrogens is 4. The van der Waals surface area contributed by atoms with Gasteiger partial charge in [-0.05, 0) is 33.0 Å². The van der Waals surface area contributed by atoms with Gasteiger partial charge in [-0.25, -0.2) is 0 Å². The van der Waals surface area contributed by atoms with Crippen LogP contribution >= 0.6 is 11.8 Å². The molecule has 0 N–H and O–H groups in total. The summed E-state index contributed by atoms with van der Waals surface area (Å²) >= 11 is 1.49. The first-order chi connectivity index (χ1) is 12.7. The number of fused-ring (bicyclic) bond motifs is 1. The van der Waals surface area contributed by atoms with Crippen LogP contribution in [0.4, 0.5) is 0 Å². The molecule has 0 atom stereocenters. The number of benzene rings is 3. The van der Waals surface area contributed by atoms with E-state index in [1.807, 2.05) is 30.3 Å². The first-order valence-electron chi connectivity index (χ1n) is 7.92. The third-order valence-electron chi connectivity index (χ3n) is 3.99. The van der Waals surface area contributed by atoms with Crippen LogP contribution in [0.1, 0.15) is 15.9 Å². The van der Waals surface area contributed by atoms with E-state index in [1.165, 1.54) is 11.8 Å². The van der Waals surface area contributed by atoms with Crippen molar-refractivity contribution in [2.75, 3.05) is 0 Å². The Labute approximate surface area is 153 Å². The highest BCUT2D eigenvalue weighted by Crippen LogP contribution is 2.27. The Kier molecular flexibility index (Phi) is 4.37. The number of carboxylic acid groups (broad SMARTS) is 1. The molecule has 6 nitrogen and oxygen atoms in total. The molecule has 0 aliphatic rings. The number of nitrogens with zero attached hydrogens (tertiary/aromatic N) is 4. The maximum absolute atomic E-state index is 10.8. The van der Waals surface area contributed by atoms with E-state index in [0.717, 1.165) is 22.0 Å². The highest BCUT2D eigenvalue weighted by atomic mass is 32.2. The van der Waals surface area contributed by atoms with Gasteiger partial charge in [0.15, 0.2) is 0 Å². The molecule has 0 unspecified atom stereocenters. The molecule has 1 aromatic heterocycles. The quantitative estimate of drug-likeness (QED) is 0.508. The Morgan fingerprint density at radius 3 is 2.58 bits per heavy atom. The van der Waals surface area contributed by atoms with Crippen LogP contribution < -0.4 is 5.11 Å². The molecule has 0 bridgehead atoms. The van der Waals surface area contributed by atoms with E-state index in [0.29, 0.717) is 10.9 Å². The first-order valence-corrected chi connectivity index (χ1v) is 8.90. The van der Waals surface area contributed by atoms with Crippen molar-refractivity contribution in [1.82, 2.24) is 20.2 Å². The largest absolute Gasteiger partial charge is 0.545 e. The fourth-order valence-electron chi connectivity index (χ4n) is 2.70. The molecule has 0 aliphatic heterocycles. The van der Waals surface area contributed by atoms with Crippen LogP contribution in [0.2, 0.25) is 0 Å². The number of carbonyl (C=O) groups excluding carboxylic acids is 1. The molecule has 0 fully saturated rings. The van der Waals surface area contributed by atoms with Crippen molar-refractivity contribution in [3.05, 3.63) is 77.9 Å². The molecule has 1 heterocycles. The first kappa shape index (κ1) is 16.3. The Morgan fingerprint density at radius 2 is 1.77 bits per heavy atom. The number of aromatic carboxylic acids is 1. The van der Waals surface area contributed by atoms with Crippen molar-refractivity contribution in [2.24, 2.45) is 0 Å². The minimum Gasteiger partial charge on any atom is -0.545 e. The van der Waals surface area contributed by atoms with Crippen molar-refractivity contribution < 1.29 is 9.90 Å². The van der Waals surface area contributed by atoms with Crippen LogP contribution in [0.5, 0.6) is 0 Å².